The van der Waals surface area contributed by atoms with Crippen LogP contribution in [-0.2, 0) is 10.4 Å². The molecule has 1 atom stereocenters. The predicted molar refractivity (Wildman–Crippen MR) is 64.5 cm³/mol. The first-order valence-corrected chi connectivity index (χ1v) is 5.86. The number of rotatable bonds is 3. The van der Waals surface area contributed by atoms with Gasteiger partial charge in [-0.3, -0.25) is 0 Å². The summed E-state index contributed by atoms with van der Waals surface area (Å²) < 4.78 is 0. The molecule has 1 aromatic carbocycles. The number of allylic oxidation sites excluding steroid dienone is 1. The van der Waals surface area contributed by atoms with Gasteiger partial charge in [0.15, 0.2) is 0 Å². The van der Waals surface area contributed by atoms with Gasteiger partial charge in [0.25, 0.3) is 0 Å². The van der Waals surface area contributed by atoms with Crippen molar-refractivity contribution in [2.75, 3.05) is 0 Å². The fourth-order valence-electron chi connectivity index (χ4n) is 2.29. The minimum absolute atomic E-state index is 0.431. The Morgan fingerprint density at radius 3 is 2.41 bits per heavy atom. The smallest absolute Gasteiger partial charge is 0.344 e. The topological polar surface area (TPSA) is 57.5 Å². The minimum atomic E-state index is -1.86. The molecule has 0 radical (unpaired) electrons. The van der Waals surface area contributed by atoms with Gasteiger partial charge < -0.3 is 10.2 Å². The molecule has 1 unspecified atom stereocenters. The second kappa shape index (κ2) is 4.72. The Labute approximate surface area is 100 Å². The highest BCUT2D eigenvalue weighted by atomic mass is 16.4. The predicted octanol–water partition coefficient (Wildman–Crippen LogP) is 2.46. The molecule has 0 heterocycles. The van der Waals surface area contributed by atoms with E-state index in [0.29, 0.717) is 17.6 Å². The summed E-state index contributed by atoms with van der Waals surface area (Å²) in [6.07, 6.45) is 5.36. The maximum Gasteiger partial charge on any atom is 0.344 e. The molecule has 0 bridgehead atoms. The molecule has 0 saturated heterocycles. The van der Waals surface area contributed by atoms with E-state index in [1.807, 2.05) is 6.08 Å². The molecule has 2 rings (SSSR count). The molecule has 17 heavy (non-hydrogen) atoms. The summed E-state index contributed by atoms with van der Waals surface area (Å²) in [6, 6.07) is 8.60. The average molecular weight is 232 g/mol. The lowest BCUT2D eigenvalue weighted by Gasteiger charge is -2.29. The lowest BCUT2D eigenvalue weighted by Crippen LogP contribution is -2.38. The third kappa shape index (κ3) is 2.11. The number of aliphatic hydroxyl groups is 1. The summed E-state index contributed by atoms with van der Waals surface area (Å²) in [5.41, 5.74) is -0.815. The molecule has 0 aliphatic heterocycles. The quantitative estimate of drug-likeness (QED) is 0.787. The minimum Gasteiger partial charge on any atom is -0.479 e. The van der Waals surface area contributed by atoms with Gasteiger partial charge in [-0.25, -0.2) is 4.79 Å². The Morgan fingerprint density at radius 2 is 1.88 bits per heavy atom. The van der Waals surface area contributed by atoms with E-state index in [2.05, 4.69) is 0 Å². The number of carboxylic acids is 1. The highest BCUT2D eigenvalue weighted by molar-refractivity contribution is 5.83. The molecule has 1 aliphatic carbocycles. The van der Waals surface area contributed by atoms with Crippen molar-refractivity contribution in [2.45, 2.75) is 31.3 Å². The zero-order chi connectivity index (χ0) is 12.3. The van der Waals surface area contributed by atoms with Gasteiger partial charge in [0.05, 0.1) is 0 Å². The number of aliphatic carboxylic acids is 1. The van der Waals surface area contributed by atoms with Crippen LogP contribution in [0.25, 0.3) is 0 Å². The molecule has 0 fully saturated rings. The number of hydrogen-bond acceptors (Lipinski definition) is 2. The van der Waals surface area contributed by atoms with Crippen LogP contribution >= 0.6 is 0 Å². The van der Waals surface area contributed by atoms with Gasteiger partial charge in [-0.05, 0) is 36.8 Å². The van der Waals surface area contributed by atoms with E-state index in [9.17, 15) is 15.0 Å². The molecule has 0 aromatic heterocycles. The van der Waals surface area contributed by atoms with Gasteiger partial charge in [-0.1, -0.05) is 36.4 Å². The largest absolute Gasteiger partial charge is 0.479 e. The maximum atomic E-state index is 11.4. The zero-order valence-electron chi connectivity index (χ0n) is 9.60. The molecule has 0 saturated carbocycles. The van der Waals surface area contributed by atoms with Crippen LogP contribution in [0.4, 0.5) is 0 Å². The number of benzene rings is 1. The molecule has 1 aromatic rings. The van der Waals surface area contributed by atoms with Gasteiger partial charge in [-0.15, -0.1) is 0 Å². The molecule has 2 N–H and O–H groups in total. The fourth-order valence-corrected chi connectivity index (χ4v) is 2.29. The van der Waals surface area contributed by atoms with Crippen LogP contribution in [0, 0.1) is 0 Å². The Hall–Kier alpha value is -1.61. The molecule has 90 valence electrons. The highest BCUT2D eigenvalue weighted by Crippen LogP contribution is 2.35. The van der Waals surface area contributed by atoms with Gasteiger partial charge in [0.2, 0.25) is 5.60 Å². The van der Waals surface area contributed by atoms with Crippen molar-refractivity contribution in [3.63, 3.8) is 0 Å². The Bertz CT molecular complexity index is 436. The van der Waals surface area contributed by atoms with Gasteiger partial charge >= 0.3 is 5.97 Å². The van der Waals surface area contributed by atoms with Crippen LogP contribution < -0.4 is 0 Å². The van der Waals surface area contributed by atoms with Crippen LogP contribution in [-0.4, -0.2) is 16.2 Å². The van der Waals surface area contributed by atoms with E-state index in [0.717, 1.165) is 19.3 Å². The first kappa shape index (κ1) is 11.9. The van der Waals surface area contributed by atoms with Crippen LogP contribution in [0.3, 0.4) is 0 Å². The molecule has 1 aliphatic rings. The number of carbonyl (C=O) groups is 1. The van der Waals surface area contributed by atoms with Crippen molar-refractivity contribution < 1.29 is 15.0 Å². The third-order valence-electron chi connectivity index (χ3n) is 3.26. The lowest BCUT2D eigenvalue weighted by atomic mass is 9.80. The summed E-state index contributed by atoms with van der Waals surface area (Å²) in [7, 11) is 0. The standard InChI is InChI=1S/C14H16O3/c15-13(16)14(17,11-7-3-1-4-8-11)12-9-5-2-6-10-12/h1,3-4,7-9,17H,2,5-6,10H2,(H,15,16). The van der Waals surface area contributed by atoms with Crippen molar-refractivity contribution in [3.8, 4) is 0 Å². The van der Waals surface area contributed by atoms with Crippen molar-refractivity contribution in [1.82, 2.24) is 0 Å². The summed E-state index contributed by atoms with van der Waals surface area (Å²) >= 11 is 0. The number of hydrogen-bond donors (Lipinski definition) is 2. The Kier molecular flexibility index (Phi) is 3.29. The first-order valence-electron chi connectivity index (χ1n) is 5.86. The second-order valence-corrected chi connectivity index (χ2v) is 4.36. The molecule has 3 nitrogen and oxygen atoms in total. The van der Waals surface area contributed by atoms with Gasteiger partial charge in [0.1, 0.15) is 0 Å². The van der Waals surface area contributed by atoms with Crippen molar-refractivity contribution >= 4 is 5.97 Å². The normalized spacial score (nSPS) is 19.2. The van der Waals surface area contributed by atoms with E-state index in [1.54, 1.807) is 30.3 Å². The summed E-state index contributed by atoms with van der Waals surface area (Å²) in [5, 5.41) is 19.9. The van der Waals surface area contributed by atoms with E-state index in [1.165, 1.54) is 0 Å². The van der Waals surface area contributed by atoms with E-state index >= 15 is 0 Å². The van der Waals surface area contributed by atoms with Crippen LogP contribution in [0.1, 0.15) is 31.2 Å². The number of carboxylic acid groups (broad SMARTS) is 1. The zero-order valence-corrected chi connectivity index (χ0v) is 9.60. The molecule has 3 heteroatoms. The molecular formula is C14H16O3. The summed E-state index contributed by atoms with van der Waals surface area (Å²) in [6.45, 7) is 0. The molecule has 0 spiro atoms. The van der Waals surface area contributed by atoms with Crippen LogP contribution in [0.15, 0.2) is 42.0 Å². The Morgan fingerprint density at radius 1 is 1.18 bits per heavy atom. The van der Waals surface area contributed by atoms with Gasteiger partial charge in [-0.2, -0.15) is 0 Å². The van der Waals surface area contributed by atoms with Crippen LogP contribution in [0.2, 0.25) is 0 Å². The molecular weight excluding hydrogens is 216 g/mol. The lowest BCUT2D eigenvalue weighted by molar-refractivity contribution is -0.155. The third-order valence-corrected chi connectivity index (χ3v) is 3.26. The first-order chi connectivity index (χ1) is 8.15. The monoisotopic (exact) mass is 232 g/mol. The van der Waals surface area contributed by atoms with Crippen molar-refractivity contribution in [1.29, 1.82) is 0 Å². The molecule has 0 amide bonds. The van der Waals surface area contributed by atoms with Crippen molar-refractivity contribution in [3.05, 3.63) is 47.5 Å². The SMILES string of the molecule is O=C(O)C(O)(C1=CCCCC1)c1ccccc1. The average Bonchev–Trinajstić information content (AvgIpc) is 2.39. The van der Waals surface area contributed by atoms with E-state index in [4.69, 9.17) is 0 Å². The van der Waals surface area contributed by atoms with Crippen LogP contribution in [0.5, 0.6) is 0 Å². The van der Waals surface area contributed by atoms with E-state index in [-0.39, 0.29) is 0 Å². The summed E-state index contributed by atoms with van der Waals surface area (Å²) in [5.74, 6) is -1.20. The maximum absolute atomic E-state index is 11.4. The van der Waals surface area contributed by atoms with E-state index < -0.39 is 11.6 Å². The fraction of sp³-hybridized carbons (Fsp3) is 0.357. The highest BCUT2D eigenvalue weighted by Gasteiger charge is 2.41. The Balaban J connectivity index is 2.46. The van der Waals surface area contributed by atoms with Gasteiger partial charge in [0, 0.05) is 0 Å². The second-order valence-electron chi connectivity index (χ2n) is 4.36. The van der Waals surface area contributed by atoms with Crippen molar-refractivity contribution in [2.24, 2.45) is 0 Å². The summed E-state index contributed by atoms with van der Waals surface area (Å²) in [4.78, 5) is 11.4.